The Kier molecular flexibility index (Phi) is 4.76. The summed E-state index contributed by atoms with van der Waals surface area (Å²) in [4.78, 5) is 6.03. The van der Waals surface area contributed by atoms with E-state index in [1.54, 1.807) is 0 Å². The molecule has 1 rings (SSSR count). The second kappa shape index (κ2) is 5.37. The molecule has 0 spiro atoms. The maximum atomic E-state index is 4.64. The summed E-state index contributed by atoms with van der Waals surface area (Å²) in [6.07, 6.45) is 2.12. The van der Waals surface area contributed by atoms with Crippen molar-refractivity contribution < 1.29 is 0 Å². The monoisotopic (exact) mass is 279 g/mol. The van der Waals surface area contributed by atoms with E-state index in [-0.39, 0.29) is 0 Å². The summed E-state index contributed by atoms with van der Waals surface area (Å²) in [5, 5.41) is 2.19. The van der Waals surface area contributed by atoms with Gasteiger partial charge in [0.1, 0.15) is 5.01 Å². The molecule has 4 heteroatoms. The SMILES string of the molecule is CSCc1nc(C(C)C)c(CBr)s1. The van der Waals surface area contributed by atoms with Crippen molar-refractivity contribution in [3.63, 3.8) is 0 Å². The predicted octanol–water partition coefficient (Wildman–Crippen LogP) is 4.02. The lowest BCUT2D eigenvalue weighted by Gasteiger charge is -2.01. The lowest BCUT2D eigenvalue weighted by molar-refractivity contribution is 0.819. The first-order valence-corrected chi connectivity index (χ1v) is 7.55. The highest BCUT2D eigenvalue weighted by atomic mass is 79.9. The van der Waals surface area contributed by atoms with Crippen LogP contribution in [0.1, 0.15) is 35.3 Å². The summed E-state index contributed by atoms with van der Waals surface area (Å²) in [5.41, 5.74) is 1.27. The highest BCUT2D eigenvalue weighted by Crippen LogP contribution is 2.28. The van der Waals surface area contributed by atoms with Crippen molar-refractivity contribution in [2.24, 2.45) is 0 Å². The summed E-state index contributed by atoms with van der Waals surface area (Å²) in [5.74, 6) is 1.58. The van der Waals surface area contributed by atoms with E-state index in [4.69, 9.17) is 0 Å². The molecule has 1 aromatic heterocycles. The minimum absolute atomic E-state index is 0.541. The van der Waals surface area contributed by atoms with Crippen LogP contribution in [0.3, 0.4) is 0 Å². The number of halogens is 1. The van der Waals surface area contributed by atoms with Crippen LogP contribution in [0.2, 0.25) is 0 Å². The number of rotatable bonds is 4. The Hall–Kier alpha value is 0.460. The fourth-order valence-corrected chi connectivity index (χ4v) is 3.55. The van der Waals surface area contributed by atoms with Crippen LogP contribution in [-0.4, -0.2) is 11.2 Å². The molecule has 1 aromatic rings. The van der Waals surface area contributed by atoms with Gasteiger partial charge in [-0.3, -0.25) is 0 Å². The summed E-state index contributed by atoms with van der Waals surface area (Å²) in [6, 6.07) is 0. The van der Waals surface area contributed by atoms with Crippen molar-refractivity contribution in [3.8, 4) is 0 Å². The average molecular weight is 280 g/mol. The highest BCUT2D eigenvalue weighted by Gasteiger charge is 2.12. The predicted molar refractivity (Wildman–Crippen MR) is 66.1 cm³/mol. The molecule has 0 unspecified atom stereocenters. The van der Waals surface area contributed by atoms with E-state index in [1.807, 2.05) is 23.1 Å². The molecule has 0 saturated heterocycles. The Bertz CT molecular complexity index is 271. The molecule has 0 N–H and O–H groups in total. The number of thiazole rings is 1. The third-order valence-corrected chi connectivity index (χ3v) is 4.46. The average Bonchev–Trinajstić information content (AvgIpc) is 2.48. The van der Waals surface area contributed by atoms with Gasteiger partial charge in [0.25, 0.3) is 0 Å². The fraction of sp³-hybridized carbons (Fsp3) is 0.667. The Balaban J connectivity index is 2.90. The molecule has 0 aliphatic heterocycles. The number of alkyl halides is 1. The molecule has 0 aliphatic carbocycles. The van der Waals surface area contributed by atoms with Crippen LogP contribution in [0.4, 0.5) is 0 Å². The third-order valence-electron chi connectivity index (χ3n) is 1.71. The maximum Gasteiger partial charge on any atom is 0.103 e. The minimum Gasteiger partial charge on any atom is -0.245 e. The molecule has 13 heavy (non-hydrogen) atoms. The van der Waals surface area contributed by atoms with Gasteiger partial charge in [0.2, 0.25) is 0 Å². The number of aromatic nitrogens is 1. The van der Waals surface area contributed by atoms with E-state index in [0.29, 0.717) is 5.92 Å². The van der Waals surface area contributed by atoms with Crippen molar-refractivity contribution in [2.75, 3.05) is 6.26 Å². The Morgan fingerprint density at radius 3 is 2.62 bits per heavy atom. The smallest absolute Gasteiger partial charge is 0.103 e. The van der Waals surface area contributed by atoms with Gasteiger partial charge >= 0.3 is 0 Å². The summed E-state index contributed by atoms with van der Waals surface area (Å²) >= 11 is 7.17. The van der Waals surface area contributed by atoms with Gasteiger partial charge in [-0.25, -0.2) is 4.98 Å². The first-order chi connectivity index (χ1) is 6.19. The van der Waals surface area contributed by atoms with Gasteiger partial charge < -0.3 is 0 Å². The van der Waals surface area contributed by atoms with Crippen molar-refractivity contribution in [1.82, 2.24) is 4.98 Å². The Morgan fingerprint density at radius 2 is 2.23 bits per heavy atom. The largest absolute Gasteiger partial charge is 0.245 e. The van der Waals surface area contributed by atoms with Crippen LogP contribution in [0, 0.1) is 0 Å². The van der Waals surface area contributed by atoms with E-state index in [0.717, 1.165) is 11.1 Å². The number of thioether (sulfide) groups is 1. The van der Waals surface area contributed by atoms with Gasteiger partial charge in [-0.2, -0.15) is 11.8 Å². The first-order valence-electron chi connectivity index (χ1n) is 4.22. The lowest BCUT2D eigenvalue weighted by atomic mass is 10.1. The van der Waals surface area contributed by atoms with Gasteiger partial charge in [-0.1, -0.05) is 29.8 Å². The molecule has 0 bridgehead atoms. The third kappa shape index (κ3) is 2.96. The van der Waals surface area contributed by atoms with E-state index in [9.17, 15) is 0 Å². The van der Waals surface area contributed by atoms with E-state index in [1.165, 1.54) is 15.6 Å². The lowest BCUT2D eigenvalue weighted by Crippen LogP contribution is -1.91. The highest BCUT2D eigenvalue weighted by molar-refractivity contribution is 9.08. The Morgan fingerprint density at radius 1 is 1.54 bits per heavy atom. The van der Waals surface area contributed by atoms with Gasteiger partial charge in [0.15, 0.2) is 0 Å². The molecule has 74 valence electrons. The topological polar surface area (TPSA) is 12.9 Å². The van der Waals surface area contributed by atoms with Crippen molar-refractivity contribution in [1.29, 1.82) is 0 Å². The summed E-state index contributed by atoms with van der Waals surface area (Å²) in [7, 11) is 0. The molecule has 1 nitrogen and oxygen atoms in total. The second-order valence-corrected chi connectivity index (χ2v) is 5.73. The zero-order chi connectivity index (χ0) is 9.84. The van der Waals surface area contributed by atoms with Crippen LogP contribution in [0.15, 0.2) is 0 Å². The van der Waals surface area contributed by atoms with E-state index < -0.39 is 0 Å². The zero-order valence-electron chi connectivity index (χ0n) is 8.13. The van der Waals surface area contributed by atoms with Crippen molar-refractivity contribution in [2.45, 2.75) is 30.8 Å². The van der Waals surface area contributed by atoms with Crippen LogP contribution in [-0.2, 0) is 11.1 Å². The van der Waals surface area contributed by atoms with Gasteiger partial charge in [0.05, 0.1) is 5.69 Å². The van der Waals surface area contributed by atoms with Crippen LogP contribution in [0.25, 0.3) is 0 Å². The Labute approximate surface area is 96.5 Å². The van der Waals surface area contributed by atoms with Gasteiger partial charge in [-0.15, -0.1) is 11.3 Å². The molecule has 0 aliphatic rings. The molecule has 0 saturated carbocycles. The van der Waals surface area contributed by atoms with Crippen molar-refractivity contribution in [3.05, 3.63) is 15.6 Å². The van der Waals surface area contributed by atoms with E-state index in [2.05, 4.69) is 41.0 Å². The molecule has 0 atom stereocenters. The molecule has 1 heterocycles. The van der Waals surface area contributed by atoms with E-state index >= 15 is 0 Å². The first kappa shape index (κ1) is 11.5. The minimum atomic E-state index is 0.541. The van der Waals surface area contributed by atoms with Crippen molar-refractivity contribution >= 4 is 39.0 Å². The standard InChI is InChI=1S/C9H14BrNS2/c1-6(2)9-7(4-10)13-8(11-9)5-12-3/h6H,4-5H2,1-3H3. The molecule has 0 radical (unpaired) electrons. The number of hydrogen-bond donors (Lipinski definition) is 0. The molecule has 0 amide bonds. The number of hydrogen-bond acceptors (Lipinski definition) is 3. The second-order valence-electron chi connectivity index (χ2n) is 3.14. The molecule has 0 aromatic carbocycles. The van der Waals surface area contributed by atoms with Gasteiger partial charge in [-0.05, 0) is 12.2 Å². The zero-order valence-corrected chi connectivity index (χ0v) is 11.4. The van der Waals surface area contributed by atoms with Crippen LogP contribution in [0.5, 0.6) is 0 Å². The summed E-state index contributed by atoms with van der Waals surface area (Å²) < 4.78 is 0. The number of nitrogens with zero attached hydrogens (tertiary/aromatic N) is 1. The molecule has 0 fully saturated rings. The normalized spacial score (nSPS) is 11.2. The maximum absolute atomic E-state index is 4.64. The van der Waals surface area contributed by atoms with Crippen LogP contribution >= 0.6 is 39.0 Å². The quantitative estimate of drug-likeness (QED) is 0.772. The van der Waals surface area contributed by atoms with Crippen LogP contribution < -0.4 is 0 Å². The molecular formula is C9H14BrNS2. The molecular weight excluding hydrogens is 266 g/mol. The van der Waals surface area contributed by atoms with Gasteiger partial charge in [0, 0.05) is 16.0 Å². The fourth-order valence-electron chi connectivity index (χ4n) is 1.15. The summed E-state index contributed by atoms with van der Waals surface area (Å²) in [6.45, 7) is 4.40.